The Balaban J connectivity index is 1.21. The average molecular weight is 407 g/mol. The van der Waals surface area contributed by atoms with Gasteiger partial charge in [0.1, 0.15) is 0 Å². The second-order valence-electron chi connectivity index (χ2n) is 8.54. The monoisotopic (exact) mass is 406 g/mol. The van der Waals surface area contributed by atoms with Crippen LogP contribution in [0.15, 0.2) is 24.3 Å². The van der Waals surface area contributed by atoms with Gasteiger partial charge < -0.3 is 14.9 Å². The Labute approximate surface area is 174 Å². The van der Waals surface area contributed by atoms with E-state index in [9.17, 15) is 0 Å². The van der Waals surface area contributed by atoms with E-state index in [0.717, 1.165) is 49.8 Å². The van der Waals surface area contributed by atoms with Crippen molar-refractivity contribution >= 4 is 17.3 Å². The molecule has 3 aliphatic heterocycles. The van der Waals surface area contributed by atoms with E-state index in [0.29, 0.717) is 0 Å². The number of β-amino-alcohol motifs (C(OH)–C–C–N with tert-alkyl or cyclic N) is 1. The SMILES string of the molecule is OCCN1CCN(C2CCN(C3CCN(c4ccccc4Cl)CC3)CC2)CC1. The number of likely N-dealkylation sites (tertiary alicyclic amines) is 1. The molecule has 0 unspecified atom stereocenters. The maximum absolute atomic E-state index is 9.11. The molecule has 3 saturated heterocycles. The van der Waals surface area contributed by atoms with Crippen molar-refractivity contribution in [3.8, 4) is 0 Å². The Bertz CT molecular complexity index is 606. The number of rotatable bonds is 5. The fraction of sp³-hybridized carbons (Fsp3) is 0.727. The Hall–Kier alpha value is -0.850. The molecule has 0 saturated carbocycles. The molecule has 0 bridgehead atoms. The summed E-state index contributed by atoms with van der Waals surface area (Å²) in [6.07, 6.45) is 5.11. The number of halogens is 1. The summed E-state index contributed by atoms with van der Waals surface area (Å²) in [5, 5.41) is 9.99. The normalized spacial score (nSPS) is 24.7. The third-order valence-electron chi connectivity index (χ3n) is 7.01. The van der Waals surface area contributed by atoms with Crippen LogP contribution < -0.4 is 4.90 Å². The second-order valence-corrected chi connectivity index (χ2v) is 8.95. The second kappa shape index (κ2) is 9.77. The van der Waals surface area contributed by atoms with Crippen LogP contribution in [0.25, 0.3) is 0 Å². The predicted molar refractivity (Wildman–Crippen MR) is 116 cm³/mol. The first-order valence-electron chi connectivity index (χ1n) is 11.1. The van der Waals surface area contributed by atoms with Crippen molar-refractivity contribution < 1.29 is 5.11 Å². The molecule has 1 aromatic rings. The van der Waals surface area contributed by atoms with Gasteiger partial charge in [-0.3, -0.25) is 9.80 Å². The van der Waals surface area contributed by atoms with Gasteiger partial charge in [0, 0.05) is 57.9 Å². The van der Waals surface area contributed by atoms with Gasteiger partial charge >= 0.3 is 0 Å². The Morgan fingerprint density at radius 2 is 1.36 bits per heavy atom. The molecule has 0 atom stereocenters. The number of piperidine rings is 2. The molecule has 0 amide bonds. The first-order chi connectivity index (χ1) is 13.7. The van der Waals surface area contributed by atoms with Crippen LogP contribution in [0.1, 0.15) is 25.7 Å². The van der Waals surface area contributed by atoms with Crippen LogP contribution in [0.3, 0.4) is 0 Å². The van der Waals surface area contributed by atoms with E-state index in [4.69, 9.17) is 16.7 Å². The predicted octanol–water partition coefficient (Wildman–Crippen LogP) is 2.38. The van der Waals surface area contributed by atoms with Gasteiger partial charge in [-0.15, -0.1) is 0 Å². The Kier molecular flexibility index (Phi) is 7.13. The summed E-state index contributed by atoms with van der Waals surface area (Å²) in [6, 6.07) is 9.74. The third-order valence-corrected chi connectivity index (χ3v) is 7.33. The molecule has 1 aromatic carbocycles. The number of hydrogen-bond donors (Lipinski definition) is 1. The molecule has 0 spiro atoms. The highest BCUT2D eigenvalue weighted by Gasteiger charge is 2.31. The van der Waals surface area contributed by atoms with Crippen LogP contribution in [0.2, 0.25) is 5.02 Å². The van der Waals surface area contributed by atoms with Crippen LogP contribution in [0.4, 0.5) is 5.69 Å². The minimum Gasteiger partial charge on any atom is -0.395 e. The lowest BCUT2D eigenvalue weighted by molar-refractivity contribution is 0.0396. The Morgan fingerprint density at radius 1 is 0.786 bits per heavy atom. The van der Waals surface area contributed by atoms with Gasteiger partial charge in [-0.2, -0.15) is 0 Å². The average Bonchev–Trinajstić information content (AvgIpc) is 2.75. The molecular formula is C22H35ClN4O. The topological polar surface area (TPSA) is 33.2 Å². The van der Waals surface area contributed by atoms with E-state index >= 15 is 0 Å². The van der Waals surface area contributed by atoms with Gasteiger partial charge in [0.25, 0.3) is 0 Å². The zero-order chi connectivity index (χ0) is 19.3. The maximum atomic E-state index is 9.11. The standard InChI is InChI=1S/C22H35ClN4O/c23-21-3-1-2-4-22(21)27-11-7-19(8-12-27)25-9-5-20(6-10-25)26-15-13-24(14-16-26)17-18-28/h1-4,19-20,28H,5-18H2. The summed E-state index contributed by atoms with van der Waals surface area (Å²) >= 11 is 6.39. The summed E-state index contributed by atoms with van der Waals surface area (Å²) < 4.78 is 0. The molecule has 3 fully saturated rings. The van der Waals surface area contributed by atoms with E-state index in [2.05, 4.69) is 31.7 Å². The molecule has 28 heavy (non-hydrogen) atoms. The summed E-state index contributed by atoms with van der Waals surface area (Å²) in [7, 11) is 0. The van der Waals surface area contributed by atoms with Crippen molar-refractivity contribution in [2.24, 2.45) is 0 Å². The fourth-order valence-corrected chi connectivity index (χ4v) is 5.54. The van der Waals surface area contributed by atoms with E-state index in [1.54, 1.807) is 0 Å². The molecule has 0 aliphatic carbocycles. The highest BCUT2D eigenvalue weighted by molar-refractivity contribution is 6.33. The van der Waals surface area contributed by atoms with Gasteiger partial charge in [-0.25, -0.2) is 0 Å². The number of nitrogens with zero attached hydrogens (tertiary/aromatic N) is 4. The van der Waals surface area contributed by atoms with E-state index in [1.165, 1.54) is 57.5 Å². The molecule has 4 rings (SSSR count). The number of piperazine rings is 1. The largest absolute Gasteiger partial charge is 0.395 e. The number of benzene rings is 1. The molecule has 0 radical (unpaired) electrons. The van der Waals surface area contributed by atoms with Gasteiger partial charge in [-0.05, 0) is 50.9 Å². The van der Waals surface area contributed by atoms with Crippen LogP contribution in [-0.2, 0) is 0 Å². The lowest BCUT2D eigenvalue weighted by Crippen LogP contribution is -2.55. The maximum Gasteiger partial charge on any atom is 0.0639 e. The van der Waals surface area contributed by atoms with Crippen molar-refractivity contribution in [3.63, 3.8) is 0 Å². The zero-order valence-electron chi connectivity index (χ0n) is 17.0. The summed E-state index contributed by atoms with van der Waals surface area (Å²) in [5.41, 5.74) is 1.20. The molecular weight excluding hydrogens is 372 g/mol. The number of para-hydroxylation sites is 1. The van der Waals surface area contributed by atoms with Gasteiger partial charge in [0.05, 0.1) is 17.3 Å². The summed E-state index contributed by atoms with van der Waals surface area (Å²) in [5.74, 6) is 0. The van der Waals surface area contributed by atoms with Crippen molar-refractivity contribution in [2.75, 3.05) is 70.4 Å². The van der Waals surface area contributed by atoms with Crippen molar-refractivity contribution in [3.05, 3.63) is 29.3 Å². The van der Waals surface area contributed by atoms with Crippen molar-refractivity contribution in [2.45, 2.75) is 37.8 Å². The first kappa shape index (κ1) is 20.4. The van der Waals surface area contributed by atoms with Gasteiger partial charge in [0.2, 0.25) is 0 Å². The lowest BCUT2D eigenvalue weighted by Gasteiger charge is -2.46. The van der Waals surface area contributed by atoms with E-state index in [-0.39, 0.29) is 6.61 Å². The number of hydrogen-bond acceptors (Lipinski definition) is 5. The number of aliphatic hydroxyl groups is 1. The van der Waals surface area contributed by atoms with E-state index in [1.807, 2.05) is 12.1 Å². The molecule has 5 nitrogen and oxygen atoms in total. The highest BCUT2D eigenvalue weighted by atomic mass is 35.5. The number of aliphatic hydroxyl groups excluding tert-OH is 1. The van der Waals surface area contributed by atoms with Crippen LogP contribution >= 0.6 is 11.6 Å². The molecule has 6 heteroatoms. The fourth-order valence-electron chi connectivity index (χ4n) is 5.29. The molecule has 156 valence electrons. The van der Waals surface area contributed by atoms with Crippen molar-refractivity contribution in [1.29, 1.82) is 0 Å². The quantitative estimate of drug-likeness (QED) is 0.811. The minimum absolute atomic E-state index is 0.285. The molecule has 3 aliphatic rings. The molecule has 1 N–H and O–H groups in total. The number of anilines is 1. The third kappa shape index (κ3) is 4.82. The minimum atomic E-state index is 0.285. The van der Waals surface area contributed by atoms with E-state index < -0.39 is 0 Å². The Morgan fingerprint density at radius 3 is 1.96 bits per heavy atom. The lowest BCUT2D eigenvalue weighted by atomic mass is 9.96. The smallest absolute Gasteiger partial charge is 0.0639 e. The summed E-state index contributed by atoms with van der Waals surface area (Å²) in [6.45, 7) is 10.4. The first-order valence-corrected chi connectivity index (χ1v) is 11.4. The van der Waals surface area contributed by atoms with Crippen LogP contribution in [0.5, 0.6) is 0 Å². The summed E-state index contributed by atoms with van der Waals surface area (Å²) in [4.78, 5) is 10.3. The van der Waals surface area contributed by atoms with Crippen LogP contribution in [-0.4, -0.2) is 97.4 Å². The zero-order valence-corrected chi connectivity index (χ0v) is 17.7. The molecule has 3 heterocycles. The molecule has 0 aromatic heterocycles. The van der Waals surface area contributed by atoms with Crippen molar-refractivity contribution in [1.82, 2.24) is 14.7 Å². The van der Waals surface area contributed by atoms with Crippen LogP contribution in [0, 0.1) is 0 Å². The van der Waals surface area contributed by atoms with Gasteiger partial charge in [-0.1, -0.05) is 23.7 Å². The van der Waals surface area contributed by atoms with Gasteiger partial charge in [0.15, 0.2) is 0 Å². The highest BCUT2D eigenvalue weighted by Crippen LogP contribution is 2.30.